The Balaban J connectivity index is 0.00000645. The minimum absolute atomic E-state index is 0. The molecule has 0 fully saturated rings. The van der Waals surface area contributed by atoms with Crippen molar-refractivity contribution < 1.29 is 9.59 Å². The smallest absolute Gasteiger partial charge is 0.255 e. The number of nitrogens with zero attached hydrogens (tertiary/aromatic N) is 4. The molecule has 0 aliphatic carbocycles. The van der Waals surface area contributed by atoms with E-state index in [0.29, 0.717) is 35.6 Å². The molecule has 0 heterocycles. The van der Waals surface area contributed by atoms with Gasteiger partial charge in [0.25, 0.3) is 11.8 Å². The Bertz CT molecular complexity index is 1260. The largest absolute Gasteiger partial charge is 0.357 e. The molecule has 2 N–H and O–H groups in total. The zero-order valence-corrected chi connectivity index (χ0v) is 27.0. The van der Waals surface area contributed by atoms with Crippen LogP contribution in [0.15, 0.2) is 82.8 Å². The molecule has 3 aromatic rings. The standard InChI is InChI=1S/C34H44N6O2.ClH/c1-7-35-31(39(9-3)10-4)25-17-21-29(22-18-25)37-33(41)27-13-15-28(16-14-27)34(42)38-30-23-19-26(20-24-30)32(36-8-2)40(11-5)12-6;/h13-24H,7-12H2,1-6H3,(H,37,41)(H,38,42);1H. The summed E-state index contributed by atoms with van der Waals surface area (Å²) in [6.45, 7) is 17.4. The number of amides is 2. The molecule has 0 aliphatic rings. The van der Waals surface area contributed by atoms with E-state index in [2.05, 4.69) is 58.1 Å². The lowest BCUT2D eigenvalue weighted by atomic mass is 10.1. The number of halogens is 1. The van der Waals surface area contributed by atoms with E-state index < -0.39 is 0 Å². The van der Waals surface area contributed by atoms with Gasteiger partial charge in [0.2, 0.25) is 0 Å². The van der Waals surface area contributed by atoms with Gasteiger partial charge < -0.3 is 20.4 Å². The van der Waals surface area contributed by atoms with Crippen molar-refractivity contribution in [2.45, 2.75) is 41.5 Å². The summed E-state index contributed by atoms with van der Waals surface area (Å²) in [7, 11) is 0. The Hall–Kier alpha value is -4.17. The molecule has 3 rings (SSSR count). The third-order valence-corrected chi connectivity index (χ3v) is 6.95. The van der Waals surface area contributed by atoms with Crippen molar-refractivity contribution in [3.8, 4) is 0 Å². The Labute approximate surface area is 262 Å². The van der Waals surface area contributed by atoms with Gasteiger partial charge in [-0.15, -0.1) is 12.4 Å². The first-order valence-electron chi connectivity index (χ1n) is 14.9. The number of nitrogens with one attached hydrogen (secondary N) is 2. The Kier molecular flexibility index (Phi) is 14.4. The summed E-state index contributed by atoms with van der Waals surface area (Å²) in [6, 6.07) is 22.1. The molecule has 0 aliphatic heterocycles. The lowest BCUT2D eigenvalue weighted by Crippen LogP contribution is -2.31. The van der Waals surface area contributed by atoms with Crippen LogP contribution in [0.5, 0.6) is 0 Å². The van der Waals surface area contributed by atoms with Crippen LogP contribution in [0.1, 0.15) is 73.4 Å². The number of hydrogen-bond donors (Lipinski definition) is 2. The lowest BCUT2D eigenvalue weighted by Gasteiger charge is -2.23. The molecule has 2 amide bonds. The molecule has 0 atom stereocenters. The molecule has 9 heteroatoms. The minimum Gasteiger partial charge on any atom is -0.357 e. The number of carbonyl (C=O) groups is 2. The molecule has 230 valence electrons. The number of benzene rings is 3. The van der Waals surface area contributed by atoms with E-state index in [0.717, 1.165) is 49.0 Å². The minimum atomic E-state index is -0.241. The van der Waals surface area contributed by atoms with E-state index in [-0.39, 0.29) is 24.2 Å². The average molecular weight is 605 g/mol. The fourth-order valence-corrected chi connectivity index (χ4v) is 4.68. The topological polar surface area (TPSA) is 89.4 Å². The SMILES string of the molecule is CCN=C(c1ccc(NC(=O)c2ccc(C(=O)Nc3ccc(C(=NCC)N(CC)CC)cc3)cc2)cc1)N(CC)CC.Cl. The highest BCUT2D eigenvalue weighted by Gasteiger charge is 2.14. The van der Waals surface area contributed by atoms with Crippen LogP contribution in [0.2, 0.25) is 0 Å². The molecule has 8 nitrogen and oxygen atoms in total. The third kappa shape index (κ3) is 9.41. The predicted molar refractivity (Wildman–Crippen MR) is 182 cm³/mol. The molecular weight excluding hydrogens is 560 g/mol. The second-order valence-electron chi connectivity index (χ2n) is 9.58. The van der Waals surface area contributed by atoms with Gasteiger partial charge in [-0.3, -0.25) is 19.6 Å². The zero-order valence-electron chi connectivity index (χ0n) is 26.2. The van der Waals surface area contributed by atoms with Crippen LogP contribution < -0.4 is 10.6 Å². The van der Waals surface area contributed by atoms with Crippen LogP contribution in [0.4, 0.5) is 11.4 Å². The molecule has 0 bridgehead atoms. The van der Waals surface area contributed by atoms with Gasteiger partial charge in [0.05, 0.1) is 0 Å². The fourth-order valence-electron chi connectivity index (χ4n) is 4.68. The van der Waals surface area contributed by atoms with Crippen LogP contribution in [-0.4, -0.2) is 72.6 Å². The molecule has 3 aromatic carbocycles. The second-order valence-corrected chi connectivity index (χ2v) is 9.58. The first-order chi connectivity index (χ1) is 20.4. The van der Waals surface area contributed by atoms with E-state index in [1.165, 1.54) is 0 Å². The van der Waals surface area contributed by atoms with Crippen molar-refractivity contribution in [2.24, 2.45) is 9.98 Å². The van der Waals surface area contributed by atoms with Crippen LogP contribution in [-0.2, 0) is 0 Å². The van der Waals surface area contributed by atoms with Gasteiger partial charge in [-0.2, -0.15) is 0 Å². The first-order valence-corrected chi connectivity index (χ1v) is 14.9. The van der Waals surface area contributed by atoms with Crippen molar-refractivity contribution in [1.82, 2.24) is 9.80 Å². The number of anilines is 2. The molecule has 0 unspecified atom stereocenters. The van der Waals surface area contributed by atoms with Gasteiger partial charge in [0, 0.05) is 72.9 Å². The number of aliphatic imine (C=N–C) groups is 2. The van der Waals surface area contributed by atoms with Crippen LogP contribution >= 0.6 is 12.4 Å². The van der Waals surface area contributed by atoms with Gasteiger partial charge in [-0.05, 0) is 114 Å². The molecular formula is C34H45ClN6O2. The van der Waals surface area contributed by atoms with Crippen LogP contribution in [0.3, 0.4) is 0 Å². The van der Waals surface area contributed by atoms with Crippen molar-refractivity contribution in [2.75, 3.05) is 49.9 Å². The van der Waals surface area contributed by atoms with Gasteiger partial charge >= 0.3 is 0 Å². The van der Waals surface area contributed by atoms with Crippen molar-refractivity contribution in [1.29, 1.82) is 0 Å². The monoisotopic (exact) mass is 604 g/mol. The third-order valence-electron chi connectivity index (χ3n) is 6.95. The maximum atomic E-state index is 12.9. The molecule has 0 radical (unpaired) electrons. The highest BCUT2D eigenvalue weighted by molar-refractivity contribution is 6.08. The average Bonchev–Trinajstić information content (AvgIpc) is 3.02. The highest BCUT2D eigenvalue weighted by atomic mass is 35.5. The first kappa shape index (κ1) is 35.0. The zero-order chi connectivity index (χ0) is 30.5. The van der Waals surface area contributed by atoms with Gasteiger partial charge in [-0.25, -0.2) is 0 Å². The molecule has 0 saturated heterocycles. The van der Waals surface area contributed by atoms with Gasteiger partial charge in [0.15, 0.2) is 0 Å². The number of amidine groups is 2. The predicted octanol–water partition coefficient (Wildman–Crippen LogP) is 6.83. The fraction of sp³-hybridized carbons (Fsp3) is 0.353. The molecule has 0 spiro atoms. The van der Waals surface area contributed by atoms with Crippen molar-refractivity contribution in [3.63, 3.8) is 0 Å². The van der Waals surface area contributed by atoms with E-state index in [4.69, 9.17) is 0 Å². The number of hydrogen-bond acceptors (Lipinski definition) is 4. The van der Waals surface area contributed by atoms with E-state index in [1.807, 2.05) is 62.4 Å². The summed E-state index contributed by atoms with van der Waals surface area (Å²) in [6.07, 6.45) is 0. The highest BCUT2D eigenvalue weighted by Crippen LogP contribution is 2.17. The maximum absolute atomic E-state index is 12.9. The summed E-state index contributed by atoms with van der Waals surface area (Å²) in [4.78, 5) is 39.5. The summed E-state index contributed by atoms with van der Waals surface area (Å²) >= 11 is 0. The Morgan fingerprint density at radius 2 is 0.791 bits per heavy atom. The number of carbonyl (C=O) groups excluding carboxylic acids is 2. The molecule has 0 saturated carbocycles. The van der Waals surface area contributed by atoms with E-state index in [1.54, 1.807) is 24.3 Å². The van der Waals surface area contributed by atoms with Crippen molar-refractivity contribution in [3.05, 3.63) is 95.1 Å². The molecule has 0 aromatic heterocycles. The molecule has 43 heavy (non-hydrogen) atoms. The van der Waals surface area contributed by atoms with E-state index in [9.17, 15) is 9.59 Å². The quantitative estimate of drug-likeness (QED) is 0.175. The summed E-state index contributed by atoms with van der Waals surface area (Å²) in [5, 5.41) is 5.87. The lowest BCUT2D eigenvalue weighted by molar-refractivity contribution is 0.101. The summed E-state index contributed by atoms with van der Waals surface area (Å²) < 4.78 is 0. The summed E-state index contributed by atoms with van der Waals surface area (Å²) in [5.41, 5.74) is 4.35. The van der Waals surface area contributed by atoms with Crippen molar-refractivity contribution >= 4 is 47.3 Å². The van der Waals surface area contributed by atoms with Crippen LogP contribution in [0, 0.1) is 0 Å². The normalized spacial score (nSPS) is 11.4. The Morgan fingerprint density at radius 1 is 0.512 bits per heavy atom. The van der Waals surface area contributed by atoms with Crippen LogP contribution in [0.25, 0.3) is 0 Å². The van der Waals surface area contributed by atoms with Gasteiger partial charge in [-0.1, -0.05) is 0 Å². The number of rotatable bonds is 12. The summed E-state index contributed by atoms with van der Waals surface area (Å²) in [5.74, 6) is 1.43. The second kappa shape index (κ2) is 17.7. The van der Waals surface area contributed by atoms with Gasteiger partial charge in [0.1, 0.15) is 11.7 Å². The Morgan fingerprint density at radius 3 is 1.05 bits per heavy atom. The maximum Gasteiger partial charge on any atom is 0.255 e. The van der Waals surface area contributed by atoms with E-state index >= 15 is 0 Å².